The molecule has 2 aromatic heterocycles. The lowest BCUT2D eigenvalue weighted by Gasteiger charge is -2.25. The van der Waals surface area contributed by atoms with Crippen LogP contribution in [0.2, 0.25) is 5.02 Å². The minimum Gasteiger partial charge on any atom is -0.412 e. The highest BCUT2D eigenvalue weighted by Gasteiger charge is 2.43. The molecule has 32 heavy (non-hydrogen) atoms. The minimum absolute atomic E-state index is 0.109. The van der Waals surface area contributed by atoms with Gasteiger partial charge in [-0.15, -0.1) is 10.2 Å². The number of benzene rings is 2. The van der Waals surface area contributed by atoms with Crippen LogP contribution < -0.4 is 4.90 Å². The zero-order valence-electron chi connectivity index (χ0n) is 16.9. The van der Waals surface area contributed by atoms with Crippen molar-refractivity contribution in [3.05, 3.63) is 88.7 Å². The summed E-state index contributed by atoms with van der Waals surface area (Å²) in [6.07, 6.45) is 4.55. The van der Waals surface area contributed by atoms with E-state index < -0.39 is 11.4 Å². The highest BCUT2D eigenvalue weighted by molar-refractivity contribution is 6.30. The fourth-order valence-corrected chi connectivity index (χ4v) is 4.39. The van der Waals surface area contributed by atoms with E-state index in [0.29, 0.717) is 17.3 Å². The van der Waals surface area contributed by atoms with Crippen molar-refractivity contribution in [2.45, 2.75) is 24.9 Å². The van der Waals surface area contributed by atoms with Crippen molar-refractivity contribution >= 4 is 34.7 Å². The smallest absolute Gasteiger partial charge is 0.285 e. The molecular formula is C23H17Cl2N5O2. The summed E-state index contributed by atoms with van der Waals surface area (Å²) < 4.78 is 5.64. The Morgan fingerprint density at radius 1 is 1.12 bits per heavy atom. The number of aromatic nitrogens is 4. The van der Waals surface area contributed by atoms with E-state index in [1.165, 1.54) is 18.6 Å². The number of aryl methyl sites for hydroxylation is 1. The largest absolute Gasteiger partial charge is 0.412 e. The monoisotopic (exact) mass is 465 g/mol. The number of anilines is 1. The van der Waals surface area contributed by atoms with Gasteiger partial charge in [-0.25, -0.2) is 4.98 Å². The lowest BCUT2D eigenvalue weighted by atomic mass is 9.95. The molecule has 0 radical (unpaired) electrons. The van der Waals surface area contributed by atoms with Crippen LogP contribution in [-0.4, -0.2) is 31.4 Å². The minimum atomic E-state index is -0.658. The van der Waals surface area contributed by atoms with Gasteiger partial charge < -0.3 is 9.32 Å². The first-order valence-corrected chi connectivity index (χ1v) is 10.7. The number of fused-ring (bicyclic) bond motifs is 1. The van der Waals surface area contributed by atoms with E-state index in [1.54, 1.807) is 0 Å². The van der Waals surface area contributed by atoms with Gasteiger partial charge in [-0.1, -0.05) is 53.0 Å². The number of ketones is 1. The van der Waals surface area contributed by atoms with Crippen LogP contribution in [0.5, 0.6) is 0 Å². The second-order valence-corrected chi connectivity index (χ2v) is 8.42. The molecule has 7 nitrogen and oxygen atoms in total. The van der Waals surface area contributed by atoms with Crippen LogP contribution in [0.25, 0.3) is 11.6 Å². The molecule has 0 N–H and O–H groups in total. The topological polar surface area (TPSA) is 85.0 Å². The summed E-state index contributed by atoms with van der Waals surface area (Å²) in [4.78, 5) is 23.6. The van der Waals surface area contributed by atoms with Crippen LogP contribution in [-0.2, 0) is 6.54 Å². The summed E-state index contributed by atoms with van der Waals surface area (Å²) in [6.45, 7) is 2.51. The van der Waals surface area contributed by atoms with Crippen molar-refractivity contribution in [2.75, 3.05) is 4.90 Å². The molecule has 4 aromatic rings. The third kappa shape index (κ3) is 3.74. The molecule has 2 atom stereocenters. The summed E-state index contributed by atoms with van der Waals surface area (Å²) in [5, 5.41) is 8.59. The van der Waals surface area contributed by atoms with Crippen molar-refractivity contribution in [3.63, 3.8) is 0 Å². The van der Waals surface area contributed by atoms with Gasteiger partial charge in [-0.2, -0.15) is 0 Å². The van der Waals surface area contributed by atoms with Gasteiger partial charge >= 0.3 is 0 Å². The van der Waals surface area contributed by atoms with E-state index >= 15 is 0 Å². The molecule has 2 aromatic carbocycles. The number of nitrogens with zero attached hydrogens (tertiary/aromatic N) is 5. The van der Waals surface area contributed by atoms with Gasteiger partial charge in [0.1, 0.15) is 11.2 Å². The molecule has 0 fully saturated rings. The van der Waals surface area contributed by atoms with E-state index in [0.717, 1.165) is 22.4 Å². The Hall–Kier alpha value is -3.29. The fourth-order valence-electron chi connectivity index (χ4n) is 3.84. The van der Waals surface area contributed by atoms with Gasteiger partial charge in [0.25, 0.3) is 11.8 Å². The first-order valence-electron chi connectivity index (χ1n) is 9.91. The number of Topliss-reactive ketones (excluding diaryl/α,β-unsaturated/α-hetero) is 1. The molecular weight excluding hydrogens is 449 g/mol. The molecule has 0 amide bonds. The molecule has 0 spiro atoms. The summed E-state index contributed by atoms with van der Waals surface area (Å²) >= 11 is 12.9. The number of carbonyl (C=O) groups is 1. The highest BCUT2D eigenvalue weighted by atomic mass is 35.5. The zero-order valence-corrected chi connectivity index (χ0v) is 18.5. The molecule has 1 aliphatic rings. The van der Waals surface area contributed by atoms with E-state index in [-0.39, 0.29) is 17.6 Å². The Morgan fingerprint density at radius 3 is 2.69 bits per heavy atom. The Bertz CT molecular complexity index is 1280. The Kier molecular flexibility index (Phi) is 5.36. The average Bonchev–Trinajstić information content (AvgIpc) is 3.39. The van der Waals surface area contributed by atoms with Crippen LogP contribution in [0.1, 0.15) is 33.3 Å². The fraction of sp³-hybridized carbons (Fsp3) is 0.174. The first-order chi connectivity index (χ1) is 15.5. The Labute approximate surface area is 194 Å². The van der Waals surface area contributed by atoms with E-state index in [2.05, 4.69) is 20.2 Å². The molecule has 0 saturated heterocycles. The number of halogens is 2. The highest BCUT2D eigenvalue weighted by Crippen LogP contribution is 2.45. The predicted molar refractivity (Wildman–Crippen MR) is 121 cm³/mol. The van der Waals surface area contributed by atoms with Crippen LogP contribution in [0.15, 0.2) is 65.5 Å². The molecule has 0 bridgehead atoms. The molecule has 2 unspecified atom stereocenters. The van der Waals surface area contributed by atoms with Crippen molar-refractivity contribution < 1.29 is 9.21 Å². The molecule has 9 heteroatoms. The number of hydrogen-bond donors (Lipinski definition) is 0. The second kappa shape index (κ2) is 8.33. The molecule has 0 saturated carbocycles. The van der Waals surface area contributed by atoms with Gasteiger partial charge in [0, 0.05) is 29.6 Å². The summed E-state index contributed by atoms with van der Waals surface area (Å²) in [5.41, 5.74) is 3.57. The standard InChI is InChI=1S/C23H17Cl2N5O2/c1-13-2-7-18-16(10-13)19(21(25)30(18)12-14-3-5-15(24)6-4-14)20(31)23-29-28-22(32-23)17-11-26-8-9-27-17/h2-11,19,21H,12H2,1H3. The number of alkyl halides is 1. The molecule has 160 valence electrons. The van der Waals surface area contributed by atoms with Gasteiger partial charge in [0.15, 0.2) is 0 Å². The van der Waals surface area contributed by atoms with Crippen molar-refractivity contribution in [3.8, 4) is 11.6 Å². The predicted octanol–water partition coefficient (Wildman–Crippen LogP) is 5.04. The van der Waals surface area contributed by atoms with E-state index in [4.69, 9.17) is 27.6 Å². The zero-order chi connectivity index (χ0) is 22.2. The van der Waals surface area contributed by atoms with Gasteiger partial charge in [0.05, 0.1) is 12.1 Å². The maximum Gasteiger partial charge on any atom is 0.285 e. The number of hydrogen-bond acceptors (Lipinski definition) is 7. The summed E-state index contributed by atoms with van der Waals surface area (Å²) in [6, 6.07) is 13.5. The van der Waals surface area contributed by atoms with Crippen molar-refractivity contribution in [1.82, 2.24) is 20.2 Å². The summed E-state index contributed by atoms with van der Waals surface area (Å²) in [7, 11) is 0. The maximum atomic E-state index is 13.5. The second-order valence-electron chi connectivity index (χ2n) is 7.53. The first kappa shape index (κ1) is 20.6. The van der Waals surface area contributed by atoms with Crippen LogP contribution >= 0.6 is 23.2 Å². The van der Waals surface area contributed by atoms with Crippen molar-refractivity contribution in [2.24, 2.45) is 0 Å². The third-order valence-corrected chi connectivity index (χ3v) is 6.11. The number of rotatable bonds is 5. The van der Waals surface area contributed by atoms with E-state index in [1.807, 2.05) is 54.3 Å². The Morgan fingerprint density at radius 2 is 1.94 bits per heavy atom. The average molecular weight is 466 g/mol. The van der Waals surface area contributed by atoms with Gasteiger partial charge in [0.2, 0.25) is 5.78 Å². The lowest BCUT2D eigenvalue weighted by molar-refractivity contribution is 0.0926. The van der Waals surface area contributed by atoms with E-state index in [9.17, 15) is 4.79 Å². The normalized spacial score (nSPS) is 17.4. The Balaban J connectivity index is 1.48. The molecule has 1 aliphatic heterocycles. The molecule has 5 rings (SSSR count). The van der Waals surface area contributed by atoms with Crippen LogP contribution in [0, 0.1) is 6.92 Å². The lowest BCUT2D eigenvalue weighted by Crippen LogP contribution is -2.32. The number of carbonyl (C=O) groups excluding carboxylic acids is 1. The molecule has 3 heterocycles. The maximum absolute atomic E-state index is 13.5. The SMILES string of the molecule is Cc1ccc2c(c1)C(C(=O)c1nnc(-c3cnccn3)o1)C(Cl)N2Cc1ccc(Cl)cc1. The van der Waals surface area contributed by atoms with Crippen LogP contribution in [0.4, 0.5) is 5.69 Å². The van der Waals surface area contributed by atoms with Gasteiger partial charge in [-0.3, -0.25) is 9.78 Å². The van der Waals surface area contributed by atoms with Crippen LogP contribution in [0.3, 0.4) is 0 Å². The van der Waals surface area contributed by atoms with Gasteiger partial charge in [-0.05, 0) is 36.2 Å². The third-order valence-electron chi connectivity index (χ3n) is 5.37. The summed E-state index contributed by atoms with van der Waals surface area (Å²) in [5.74, 6) is -0.970. The quantitative estimate of drug-likeness (QED) is 0.231. The molecule has 0 aliphatic carbocycles. The van der Waals surface area contributed by atoms with Crippen molar-refractivity contribution in [1.29, 1.82) is 0 Å².